The summed E-state index contributed by atoms with van der Waals surface area (Å²) >= 11 is 6.00. The molecule has 30 heavy (non-hydrogen) atoms. The fourth-order valence-corrected chi connectivity index (χ4v) is 3.52. The quantitative estimate of drug-likeness (QED) is 0.610. The average Bonchev–Trinajstić information content (AvgIpc) is 3.20. The second kappa shape index (κ2) is 7.13. The Kier molecular flexibility index (Phi) is 4.73. The number of aromatic nitrogens is 2. The molecular formula is C21H16ClFN4O3. The fourth-order valence-electron chi connectivity index (χ4n) is 3.36. The van der Waals surface area contributed by atoms with Crippen molar-refractivity contribution in [1.82, 2.24) is 14.3 Å². The van der Waals surface area contributed by atoms with Gasteiger partial charge in [-0.05, 0) is 30.3 Å². The molecule has 1 aromatic carbocycles. The highest BCUT2D eigenvalue weighted by Crippen LogP contribution is 2.29. The molecule has 0 bridgehead atoms. The van der Waals surface area contributed by atoms with Crippen LogP contribution in [0.5, 0.6) is 0 Å². The van der Waals surface area contributed by atoms with Crippen molar-refractivity contribution in [3.63, 3.8) is 0 Å². The van der Waals surface area contributed by atoms with Crippen molar-refractivity contribution in [1.29, 1.82) is 0 Å². The van der Waals surface area contributed by atoms with Crippen LogP contribution in [0.25, 0.3) is 16.8 Å². The molecule has 2 aromatic heterocycles. The summed E-state index contributed by atoms with van der Waals surface area (Å²) in [7, 11) is 1.59. The number of primary amides is 1. The lowest BCUT2D eigenvalue weighted by Gasteiger charge is -2.13. The predicted octanol–water partition coefficient (Wildman–Crippen LogP) is 1.84. The van der Waals surface area contributed by atoms with E-state index in [1.54, 1.807) is 19.2 Å². The standard InChI is InChI=1S/C21H16ClFN4O3/c1-26-9-8-21(30,20(26)29)7-6-12-2-4-15(23)14(10-12)17-16-5-3-13(22)11-27(16)19(25-17)18(24)28/h2-5,10-11,30H,8-9H2,1H3,(H2,24,28)/t21-/m0/s1. The number of carbonyl (C=O) groups is 2. The zero-order chi connectivity index (χ0) is 21.6. The molecule has 7 nitrogen and oxygen atoms in total. The second-order valence-electron chi connectivity index (χ2n) is 7.03. The highest BCUT2D eigenvalue weighted by atomic mass is 35.5. The van der Waals surface area contributed by atoms with Gasteiger partial charge in [-0.15, -0.1) is 0 Å². The van der Waals surface area contributed by atoms with E-state index in [-0.39, 0.29) is 23.5 Å². The molecule has 0 saturated carbocycles. The summed E-state index contributed by atoms with van der Waals surface area (Å²) < 4.78 is 16.0. The number of rotatable bonds is 2. The van der Waals surface area contributed by atoms with Gasteiger partial charge < -0.3 is 15.7 Å². The maximum absolute atomic E-state index is 14.7. The molecule has 0 radical (unpaired) electrons. The molecule has 1 atom stereocenters. The molecule has 0 aliphatic carbocycles. The minimum atomic E-state index is -1.76. The number of imidazole rings is 1. The molecule has 3 aromatic rings. The summed E-state index contributed by atoms with van der Waals surface area (Å²) in [6, 6.07) is 7.27. The largest absolute Gasteiger partial charge is 0.369 e. The monoisotopic (exact) mass is 426 g/mol. The average molecular weight is 427 g/mol. The minimum absolute atomic E-state index is 0.0905. The van der Waals surface area contributed by atoms with Crippen LogP contribution in [0.15, 0.2) is 36.5 Å². The molecule has 1 aliphatic rings. The molecule has 0 unspecified atom stereocenters. The summed E-state index contributed by atoms with van der Waals surface area (Å²) in [4.78, 5) is 29.5. The first-order chi connectivity index (χ1) is 14.2. The Labute approximate surface area is 175 Å². The maximum atomic E-state index is 14.7. The number of nitrogens with two attached hydrogens (primary N) is 1. The van der Waals surface area contributed by atoms with E-state index in [2.05, 4.69) is 16.8 Å². The van der Waals surface area contributed by atoms with E-state index in [1.807, 2.05) is 0 Å². The third kappa shape index (κ3) is 3.28. The minimum Gasteiger partial charge on any atom is -0.369 e. The number of nitrogens with zero attached hydrogens (tertiary/aromatic N) is 3. The van der Waals surface area contributed by atoms with Crippen LogP contribution in [0.1, 0.15) is 22.6 Å². The molecule has 152 valence electrons. The maximum Gasteiger partial charge on any atom is 0.285 e. The number of likely N-dealkylation sites (N-methyl/N-ethyl adjacent to an activating group) is 1. The molecule has 2 amide bonds. The van der Waals surface area contributed by atoms with E-state index >= 15 is 0 Å². The van der Waals surface area contributed by atoms with Crippen molar-refractivity contribution < 1.29 is 19.1 Å². The zero-order valence-corrected chi connectivity index (χ0v) is 16.6. The van der Waals surface area contributed by atoms with Crippen LogP contribution in [0.2, 0.25) is 5.02 Å². The van der Waals surface area contributed by atoms with Crippen molar-refractivity contribution in [2.45, 2.75) is 12.0 Å². The number of aliphatic hydroxyl groups is 1. The molecule has 0 spiro atoms. The molecule has 1 fully saturated rings. The summed E-state index contributed by atoms with van der Waals surface area (Å²) in [5.41, 5.74) is 4.73. The van der Waals surface area contributed by atoms with Gasteiger partial charge in [0.25, 0.3) is 11.8 Å². The number of hydrogen-bond donors (Lipinski definition) is 2. The van der Waals surface area contributed by atoms with Gasteiger partial charge in [0.1, 0.15) is 5.82 Å². The number of hydrogen-bond acceptors (Lipinski definition) is 4. The zero-order valence-electron chi connectivity index (χ0n) is 15.8. The van der Waals surface area contributed by atoms with Crippen LogP contribution in [-0.4, -0.2) is 50.4 Å². The number of carbonyl (C=O) groups excluding carboxylic acids is 2. The fraction of sp³-hybridized carbons (Fsp3) is 0.190. The van der Waals surface area contributed by atoms with Crippen molar-refractivity contribution >= 4 is 28.9 Å². The van der Waals surface area contributed by atoms with Crippen LogP contribution < -0.4 is 5.73 Å². The Morgan fingerprint density at radius 2 is 2.13 bits per heavy atom. The van der Waals surface area contributed by atoms with Gasteiger partial charge in [-0.25, -0.2) is 9.37 Å². The van der Waals surface area contributed by atoms with E-state index in [9.17, 15) is 19.1 Å². The molecule has 3 heterocycles. The van der Waals surface area contributed by atoms with Gasteiger partial charge in [0.05, 0.1) is 16.2 Å². The lowest BCUT2D eigenvalue weighted by Crippen LogP contribution is -2.37. The molecular weight excluding hydrogens is 411 g/mol. The SMILES string of the molecule is CN1CC[C@@](O)(C#Cc2ccc(F)c(-c3nc(C(N)=O)n4cc(Cl)ccc34)c2)C1=O. The normalized spacial score (nSPS) is 18.5. The lowest BCUT2D eigenvalue weighted by molar-refractivity contribution is -0.137. The van der Waals surface area contributed by atoms with Gasteiger partial charge in [-0.1, -0.05) is 23.4 Å². The van der Waals surface area contributed by atoms with E-state index in [0.717, 1.165) is 0 Å². The predicted molar refractivity (Wildman–Crippen MR) is 108 cm³/mol. The van der Waals surface area contributed by atoms with Gasteiger partial charge in [0, 0.05) is 37.3 Å². The number of pyridine rings is 1. The van der Waals surface area contributed by atoms with E-state index < -0.39 is 23.2 Å². The summed E-state index contributed by atoms with van der Waals surface area (Å²) in [5.74, 6) is 3.40. The van der Waals surface area contributed by atoms with Crippen LogP contribution in [0.4, 0.5) is 4.39 Å². The van der Waals surface area contributed by atoms with Gasteiger partial charge in [0.15, 0.2) is 0 Å². The topological polar surface area (TPSA) is 101 Å². The lowest BCUT2D eigenvalue weighted by atomic mass is 10.0. The van der Waals surface area contributed by atoms with E-state index in [1.165, 1.54) is 33.7 Å². The third-order valence-electron chi connectivity index (χ3n) is 4.97. The van der Waals surface area contributed by atoms with E-state index in [4.69, 9.17) is 17.3 Å². The van der Waals surface area contributed by atoms with Gasteiger partial charge in [0.2, 0.25) is 11.4 Å². The highest BCUT2D eigenvalue weighted by molar-refractivity contribution is 6.30. The Hall–Kier alpha value is -3.41. The van der Waals surface area contributed by atoms with Crippen molar-refractivity contribution in [2.24, 2.45) is 5.73 Å². The van der Waals surface area contributed by atoms with Crippen LogP contribution in [0, 0.1) is 17.7 Å². The van der Waals surface area contributed by atoms with Crippen LogP contribution in [-0.2, 0) is 4.79 Å². The molecule has 9 heteroatoms. The Morgan fingerprint density at radius 3 is 2.80 bits per heavy atom. The number of benzene rings is 1. The Balaban J connectivity index is 1.82. The second-order valence-corrected chi connectivity index (χ2v) is 7.47. The first kappa shape index (κ1) is 19.9. The number of likely N-dealkylation sites (tertiary alicyclic amines) is 1. The molecule has 4 rings (SSSR count). The highest BCUT2D eigenvalue weighted by Gasteiger charge is 2.42. The summed E-state index contributed by atoms with van der Waals surface area (Å²) in [6.45, 7) is 0.401. The summed E-state index contributed by atoms with van der Waals surface area (Å²) in [5, 5.41) is 10.8. The number of fused-ring (bicyclic) bond motifs is 1. The van der Waals surface area contributed by atoms with Gasteiger partial charge >= 0.3 is 0 Å². The number of halogens is 2. The first-order valence-corrected chi connectivity index (χ1v) is 9.36. The number of amides is 2. The van der Waals surface area contributed by atoms with Crippen LogP contribution in [0.3, 0.4) is 0 Å². The smallest absolute Gasteiger partial charge is 0.285 e. The van der Waals surface area contributed by atoms with E-state index in [0.29, 0.717) is 22.6 Å². The van der Waals surface area contributed by atoms with Crippen LogP contribution >= 0.6 is 11.6 Å². The summed E-state index contributed by atoms with van der Waals surface area (Å²) in [6.07, 6.45) is 1.66. The first-order valence-electron chi connectivity index (χ1n) is 8.98. The van der Waals surface area contributed by atoms with Crippen molar-refractivity contribution in [3.05, 3.63) is 58.8 Å². The van der Waals surface area contributed by atoms with Gasteiger partial charge in [-0.2, -0.15) is 0 Å². The molecule has 1 saturated heterocycles. The van der Waals surface area contributed by atoms with Crippen molar-refractivity contribution in [3.8, 4) is 23.1 Å². The molecule has 1 aliphatic heterocycles. The molecule has 3 N–H and O–H groups in total. The Bertz CT molecular complexity index is 1280. The van der Waals surface area contributed by atoms with Crippen molar-refractivity contribution in [2.75, 3.05) is 13.6 Å². The third-order valence-corrected chi connectivity index (χ3v) is 5.19. The van der Waals surface area contributed by atoms with Gasteiger partial charge in [-0.3, -0.25) is 14.0 Å². The Morgan fingerprint density at radius 1 is 1.37 bits per heavy atom.